The summed E-state index contributed by atoms with van der Waals surface area (Å²) in [5, 5.41) is 13.0. The van der Waals surface area contributed by atoms with Crippen molar-refractivity contribution in [3.8, 4) is 11.8 Å². The number of hydrogen-bond donors (Lipinski definition) is 1. The highest BCUT2D eigenvalue weighted by molar-refractivity contribution is 6.02. The van der Waals surface area contributed by atoms with E-state index in [9.17, 15) is 10.1 Å². The topological polar surface area (TPSA) is 75.3 Å². The van der Waals surface area contributed by atoms with Crippen LogP contribution in [0.1, 0.15) is 24.3 Å². The minimum absolute atomic E-state index is 0.0224. The smallest absolute Gasteiger partial charge is 0.262 e. The molecule has 130 valence electrons. The molecule has 0 radical (unpaired) electrons. The summed E-state index contributed by atoms with van der Waals surface area (Å²) in [6, 6.07) is 18.6. The van der Waals surface area contributed by atoms with Gasteiger partial charge in [-0.05, 0) is 24.6 Å². The average Bonchev–Trinajstić information content (AvgIpc) is 3.09. The number of methoxy groups -OCH3 is 1. The Labute approximate surface area is 151 Å². The highest BCUT2D eigenvalue weighted by Crippen LogP contribution is 2.29. The Morgan fingerprint density at radius 2 is 2.00 bits per heavy atom. The van der Waals surface area contributed by atoms with Crippen LogP contribution in [0.4, 0.5) is 0 Å². The van der Waals surface area contributed by atoms with Gasteiger partial charge in [-0.3, -0.25) is 4.79 Å². The molecule has 1 heterocycles. The summed E-state index contributed by atoms with van der Waals surface area (Å²) in [5.41, 5.74) is 1.52. The van der Waals surface area contributed by atoms with Gasteiger partial charge < -0.3 is 14.5 Å². The standard InChI is InChI=1S/C21H18N2O3/c1-14(15-7-4-3-5-8-15)23-21(24)17(13-22)12-18-11-16-9-6-10-19(25-2)20(16)26-18/h3-12,14H,1-2H3,(H,23,24)/b17-12+. The van der Waals surface area contributed by atoms with E-state index in [0.29, 0.717) is 17.1 Å². The van der Waals surface area contributed by atoms with E-state index in [1.165, 1.54) is 6.08 Å². The molecule has 0 aliphatic carbocycles. The summed E-state index contributed by atoms with van der Waals surface area (Å²) in [5.74, 6) is 0.572. The summed E-state index contributed by atoms with van der Waals surface area (Å²) in [6.45, 7) is 1.87. The molecular weight excluding hydrogens is 328 g/mol. The number of hydrogen-bond acceptors (Lipinski definition) is 4. The minimum Gasteiger partial charge on any atom is -0.493 e. The molecule has 0 aliphatic heterocycles. The Bertz CT molecular complexity index is 997. The second-order valence-electron chi connectivity index (χ2n) is 5.80. The first kappa shape index (κ1) is 17.3. The lowest BCUT2D eigenvalue weighted by atomic mass is 10.1. The van der Waals surface area contributed by atoms with Gasteiger partial charge in [-0.2, -0.15) is 5.26 Å². The van der Waals surface area contributed by atoms with Crippen LogP contribution in [0.3, 0.4) is 0 Å². The molecule has 0 fully saturated rings. The molecule has 1 unspecified atom stereocenters. The van der Waals surface area contributed by atoms with Crippen molar-refractivity contribution in [2.45, 2.75) is 13.0 Å². The SMILES string of the molecule is COc1cccc2cc(/C=C(\C#N)C(=O)NC(C)c3ccccc3)oc12. The Morgan fingerprint density at radius 1 is 1.23 bits per heavy atom. The molecule has 0 aliphatic rings. The molecular formula is C21H18N2O3. The number of amides is 1. The maximum Gasteiger partial charge on any atom is 0.262 e. The van der Waals surface area contributed by atoms with E-state index in [-0.39, 0.29) is 11.6 Å². The van der Waals surface area contributed by atoms with Gasteiger partial charge in [-0.15, -0.1) is 0 Å². The van der Waals surface area contributed by atoms with Gasteiger partial charge in [0, 0.05) is 11.5 Å². The van der Waals surface area contributed by atoms with Crippen LogP contribution in [-0.2, 0) is 4.79 Å². The lowest BCUT2D eigenvalue weighted by Crippen LogP contribution is -2.27. The number of fused-ring (bicyclic) bond motifs is 1. The van der Waals surface area contributed by atoms with Gasteiger partial charge in [-0.25, -0.2) is 0 Å². The predicted molar refractivity (Wildman–Crippen MR) is 99.4 cm³/mol. The molecule has 0 saturated heterocycles. The van der Waals surface area contributed by atoms with Gasteiger partial charge in [0.15, 0.2) is 11.3 Å². The monoisotopic (exact) mass is 346 g/mol. The van der Waals surface area contributed by atoms with Gasteiger partial charge in [0.05, 0.1) is 13.2 Å². The van der Waals surface area contributed by atoms with E-state index in [0.717, 1.165) is 10.9 Å². The maximum atomic E-state index is 12.4. The molecule has 0 spiro atoms. The minimum atomic E-state index is -0.448. The summed E-state index contributed by atoms with van der Waals surface area (Å²) >= 11 is 0. The third-order valence-corrected chi connectivity index (χ3v) is 4.05. The molecule has 3 rings (SSSR count). The number of nitrogens with zero attached hydrogens (tertiary/aromatic N) is 1. The van der Waals surface area contributed by atoms with Crippen molar-refractivity contribution >= 4 is 23.0 Å². The largest absolute Gasteiger partial charge is 0.493 e. The first-order chi connectivity index (χ1) is 12.6. The van der Waals surface area contributed by atoms with Crippen LogP contribution in [0.2, 0.25) is 0 Å². The lowest BCUT2D eigenvalue weighted by molar-refractivity contribution is -0.117. The molecule has 1 amide bonds. The van der Waals surface area contributed by atoms with E-state index < -0.39 is 5.91 Å². The van der Waals surface area contributed by atoms with Crippen molar-refractivity contribution in [1.82, 2.24) is 5.32 Å². The van der Waals surface area contributed by atoms with E-state index in [1.807, 2.05) is 55.5 Å². The van der Waals surface area contributed by atoms with Crippen molar-refractivity contribution in [3.05, 3.63) is 71.5 Å². The van der Waals surface area contributed by atoms with Crippen LogP contribution in [-0.4, -0.2) is 13.0 Å². The first-order valence-electron chi connectivity index (χ1n) is 8.16. The molecule has 1 aromatic heterocycles. The molecule has 26 heavy (non-hydrogen) atoms. The molecule has 0 bridgehead atoms. The van der Waals surface area contributed by atoms with E-state index in [1.54, 1.807) is 19.2 Å². The van der Waals surface area contributed by atoms with Gasteiger partial charge in [0.2, 0.25) is 0 Å². The molecule has 2 aromatic carbocycles. The number of furan rings is 1. The molecule has 3 aromatic rings. The van der Waals surface area contributed by atoms with Crippen LogP contribution in [0.15, 0.2) is 64.6 Å². The van der Waals surface area contributed by atoms with Crippen molar-refractivity contribution in [2.24, 2.45) is 0 Å². The number of nitriles is 1. The summed E-state index contributed by atoms with van der Waals surface area (Å²) in [4.78, 5) is 12.4. The second-order valence-corrected chi connectivity index (χ2v) is 5.80. The maximum absolute atomic E-state index is 12.4. The molecule has 5 nitrogen and oxygen atoms in total. The fraction of sp³-hybridized carbons (Fsp3) is 0.143. The summed E-state index contributed by atoms with van der Waals surface area (Å²) < 4.78 is 11.0. The van der Waals surface area contributed by atoms with Gasteiger partial charge in [-0.1, -0.05) is 42.5 Å². The van der Waals surface area contributed by atoms with Crippen molar-refractivity contribution in [3.63, 3.8) is 0 Å². The number of nitrogens with one attached hydrogen (secondary N) is 1. The van der Waals surface area contributed by atoms with Crippen LogP contribution in [0.25, 0.3) is 17.0 Å². The Morgan fingerprint density at radius 3 is 2.69 bits per heavy atom. The quantitative estimate of drug-likeness (QED) is 0.554. The van der Waals surface area contributed by atoms with E-state index in [2.05, 4.69) is 5.32 Å². The lowest BCUT2D eigenvalue weighted by Gasteiger charge is -2.13. The van der Waals surface area contributed by atoms with Crippen LogP contribution >= 0.6 is 0 Å². The van der Waals surface area contributed by atoms with Gasteiger partial charge >= 0.3 is 0 Å². The van der Waals surface area contributed by atoms with Gasteiger partial charge in [0.25, 0.3) is 5.91 Å². The predicted octanol–water partition coefficient (Wildman–Crippen LogP) is 4.23. The Balaban J connectivity index is 1.84. The number of carbonyl (C=O) groups excluding carboxylic acids is 1. The Kier molecular flexibility index (Phi) is 5.04. The molecule has 0 saturated carbocycles. The fourth-order valence-corrected chi connectivity index (χ4v) is 2.68. The second kappa shape index (κ2) is 7.58. The van der Waals surface area contributed by atoms with Crippen LogP contribution < -0.4 is 10.1 Å². The summed E-state index contributed by atoms with van der Waals surface area (Å²) in [7, 11) is 1.56. The molecule has 5 heteroatoms. The van der Waals surface area contributed by atoms with E-state index in [4.69, 9.17) is 9.15 Å². The number of rotatable bonds is 5. The van der Waals surface area contributed by atoms with Crippen molar-refractivity contribution in [2.75, 3.05) is 7.11 Å². The first-order valence-corrected chi connectivity index (χ1v) is 8.16. The molecule has 1 N–H and O–H groups in total. The normalized spacial score (nSPS) is 12.4. The van der Waals surface area contributed by atoms with Crippen LogP contribution in [0.5, 0.6) is 5.75 Å². The molecule has 1 atom stereocenters. The zero-order valence-corrected chi connectivity index (χ0v) is 14.5. The third kappa shape index (κ3) is 3.60. The average molecular weight is 346 g/mol. The number of carbonyl (C=O) groups is 1. The zero-order chi connectivity index (χ0) is 18.5. The van der Waals surface area contributed by atoms with Crippen molar-refractivity contribution < 1.29 is 13.9 Å². The highest BCUT2D eigenvalue weighted by atomic mass is 16.5. The third-order valence-electron chi connectivity index (χ3n) is 4.05. The van der Waals surface area contributed by atoms with Crippen molar-refractivity contribution in [1.29, 1.82) is 5.26 Å². The fourth-order valence-electron chi connectivity index (χ4n) is 2.68. The van der Waals surface area contributed by atoms with Crippen LogP contribution in [0, 0.1) is 11.3 Å². The summed E-state index contributed by atoms with van der Waals surface area (Å²) in [6.07, 6.45) is 1.44. The van der Waals surface area contributed by atoms with Gasteiger partial charge in [0.1, 0.15) is 17.4 Å². The Hall–Kier alpha value is -3.52. The highest BCUT2D eigenvalue weighted by Gasteiger charge is 2.15. The zero-order valence-electron chi connectivity index (χ0n) is 14.5. The number of para-hydroxylation sites is 1. The van der Waals surface area contributed by atoms with E-state index >= 15 is 0 Å². The number of benzene rings is 2. The number of ether oxygens (including phenoxy) is 1.